The van der Waals surface area contributed by atoms with Crippen molar-refractivity contribution >= 4 is 27.3 Å². The first kappa shape index (κ1) is 29.2. The molecule has 3 aromatic carbocycles. The Morgan fingerprint density at radius 3 is 2.27 bits per heavy atom. The highest BCUT2D eigenvalue weighted by Crippen LogP contribution is 2.30. The van der Waals surface area contributed by atoms with E-state index in [1.807, 2.05) is 37.3 Å². The fraction of sp³-hybridized carbons (Fsp3) is 0.345. The van der Waals surface area contributed by atoms with E-state index in [1.165, 1.54) is 12.1 Å². The molecule has 0 bridgehead atoms. The van der Waals surface area contributed by atoms with Gasteiger partial charge in [0.1, 0.15) is 5.69 Å². The lowest BCUT2D eigenvalue weighted by atomic mass is 9.85. The number of aliphatic hydroxyl groups excluding tert-OH is 1. The van der Waals surface area contributed by atoms with Crippen LogP contribution in [0.25, 0.3) is 0 Å². The van der Waals surface area contributed by atoms with Crippen LogP contribution in [0.5, 0.6) is 0 Å². The van der Waals surface area contributed by atoms with Gasteiger partial charge in [-0.1, -0.05) is 54.6 Å². The Hall–Kier alpha value is -3.80. The molecule has 0 heterocycles. The molecule has 4 N–H and O–H groups in total. The van der Waals surface area contributed by atoms with Crippen molar-refractivity contribution in [1.82, 2.24) is 10.0 Å². The van der Waals surface area contributed by atoms with Crippen molar-refractivity contribution in [3.05, 3.63) is 99.6 Å². The normalized spacial score (nSPS) is 18.1. The number of sulfonamides is 1. The van der Waals surface area contributed by atoms with Gasteiger partial charge >= 0.3 is 0 Å². The Morgan fingerprint density at radius 1 is 1.00 bits per heavy atom. The summed E-state index contributed by atoms with van der Waals surface area (Å²) >= 11 is 0. The number of nitro groups is 1. The van der Waals surface area contributed by atoms with Gasteiger partial charge in [0, 0.05) is 24.6 Å². The van der Waals surface area contributed by atoms with Crippen LogP contribution >= 0.6 is 0 Å². The van der Waals surface area contributed by atoms with Crippen LogP contribution in [0.2, 0.25) is 0 Å². The Balaban J connectivity index is 1.34. The SMILES string of the molecule is C[C@@H](NC(=O)C1CCC(NS(=O)(=O)c2ccc(NCc3ccc(CO)cc3)c([N+](=O)[O-])c2)CC1)c1ccccc1. The molecule has 0 aliphatic heterocycles. The number of rotatable bonds is 11. The Kier molecular flexibility index (Phi) is 9.51. The smallest absolute Gasteiger partial charge is 0.293 e. The predicted octanol–water partition coefficient (Wildman–Crippen LogP) is 4.41. The van der Waals surface area contributed by atoms with Crippen LogP contribution in [0.1, 0.15) is 55.3 Å². The molecule has 4 rings (SSSR count). The molecule has 0 unspecified atom stereocenters. The molecule has 0 radical (unpaired) electrons. The second kappa shape index (κ2) is 13.0. The minimum Gasteiger partial charge on any atom is -0.392 e. The van der Waals surface area contributed by atoms with Crippen molar-refractivity contribution in [2.24, 2.45) is 5.92 Å². The summed E-state index contributed by atoms with van der Waals surface area (Å²) in [6, 6.07) is 20.1. The summed E-state index contributed by atoms with van der Waals surface area (Å²) in [5, 5.41) is 26.9. The Bertz CT molecular complexity index is 1420. The van der Waals surface area contributed by atoms with Gasteiger partial charge < -0.3 is 15.7 Å². The molecular formula is C29H34N4O6S. The molecule has 1 amide bonds. The summed E-state index contributed by atoms with van der Waals surface area (Å²) in [7, 11) is -4.01. The van der Waals surface area contributed by atoms with Gasteiger partial charge in [-0.3, -0.25) is 14.9 Å². The van der Waals surface area contributed by atoms with Crippen LogP contribution in [0, 0.1) is 16.0 Å². The number of nitrogens with zero attached hydrogens (tertiary/aromatic N) is 1. The summed E-state index contributed by atoms with van der Waals surface area (Å²) in [5.74, 6) is -0.237. The molecule has 3 aromatic rings. The molecule has 1 aliphatic rings. The largest absolute Gasteiger partial charge is 0.392 e. The summed E-state index contributed by atoms with van der Waals surface area (Å²) < 4.78 is 28.8. The van der Waals surface area contributed by atoms with Crippen molar-refractivity contribution in [3.63, 3.8) is 0 Å². The Labute approximate surface area is 234 Å². The molecule has 212 valence electrons. The summed E-state index contributed by atoms with van der Waals surface area (Å²) in [6.07, 6.45) is 2.08. The van der Waals surface area contributed by atoms with E-state index in [-0.39, 0.29) is 53.3 Å². The first-order chi connectivity index (χ1) is 19.2. The van der Waals surface area contributed by atoms with E-state index < -0.39 is 14.9 Å². The van der Waals surface area contributed by atoms with Crippen molar-refractivity contribution in [3.8, 4) is 0 Å². The van der Waals surface area contributed by atoms with E-state index in [9.17, 15) is 23.3 Å². The fourth-order valence-electron chi connectivity index (χ4n) is 4.86. The van der Waals surface area contributed by atoms with Crippen LogP contribution in [0.15, 0.2) is 77.7 Å². The number of anilines is 1. The molecule has 0 aromatic heterocycles. The van der Waals surface area contributed by atoms with Crippen LogP contribution < -0.4 is 15.4 Å². The van der Waals surface area contributed by atoms with E-state index in [2.05, 4.69) is 15.4 Å². The minimum absolute atomic E-state index is 0.0410. The minimum atomic E-state index is -4.01. The fourth-order valence-corrected chi connectivity index (χ4v) is 6.18. The van der Waals surface area contributed by atoms with Crippen molar-refractivity contribution in [2.45, 2.75) is 62.7 Å². The number of aliphatic hydroxyl groups is 1. The van der Waals surface area contributed by atoms with Crippen LogP contribution in [-0.2, 0) is 28.0 Å². The highest BCUT2D eigenvalue weighted by Gasteiger charge is 2.30. The number of carbonyl (C=O) groups excluding carboxylic acids is 1. The molecular weight excluding hydrogens is 532 g/mol. The average Bonchev–Trinajstić information content (AvgIpc) is 2.96. The first-order valence-corrected chi connectivity index (χ1v) is 14.7. The molecule has 1 aliphatic carbocycles. The molecule has 10 nitrogen and oxygen atoms in total. The summed E-state index contributed by atoms with van der Waals surface area (Å²) in [4.78, 5) is 23.7. The second-order valence-electron chi connectivity index (χ2n) is 10.1. The third-order valence-corrected chi connectivity index (χ3v) is 8.76. The van der Waals surface area contributed by atoms with Crippen molar-refractivity contribution < 1.29 is 23.2 Å². The monoisotopic (exact) mass is 566 g/mol. The lowest BCUT2D eigenvalue weighted by Gasteiger charge is -2.29. The third-order valence-electron chi connectivity index (χ3n) is 7.24. The van der Waals surface area contributed by atoms with Gasteiger partial charge in [0.05, 0.1) is 22.5 Å². The van der Waals surface area contributed by atoms with E-state index in [4.69, 9.17) is 5.11 Å². The third kappa shape index (κ3) is 7.44. The van der Waals surface area contributed by atoms with Crippen LogP contribution in [0.3, 0.4) is 0 Å². The van der Waals surface area contributed by atoms with Gasteiger partial charge in [0.15, 0.2) is 0 Å². The number of hydrogen-bond donors (Lipinski definition) is 4. The van der Waals surface area contributed by atoms with Gasteiger partial charge in [0.25, 0.3) is 5.69 Å². The lowest BCUT2D eigenvalue weighted by Crippen LogP contribution is -2.41. The standard InChI is InChI=1S/C29H34N4O6S/c1-20(23-5-3-2-4-6-23)31-29(35)24-11-13-25(14-12-24)32-40(38,39)26-15-16-27(28(17-26)33(36)37)30-18-21-7-9-22(19-34)10-8-21/h2-10,15-17,20,24-25,30,32,34H,11-14,18-19H2,1H3,(H,31,35)/t20-,24?,25?/m1/s1. The van der Waals surface area contributed by atoms with Gasteiger partial charge in [-0.25, -0.2) is 13.1 Å². The zero-order valence-corrected chi connectivity index (χ0v) is 23.1. The van der Waals surface area contributed by atoms with E-state index in [0.717, 1.165) is 22.8 Å². The number of nitro benzene ring substituents is 1. The number of hydrogen-bond acceptors (Lipinski definition) is 7. The van der Waals surface area contributed by atoms with Crippen LogP contribution in [0.4, 0.5) is 11.4 Å². The zero-order chi connectivity index (χ0) is 28.7. The number of benzene rings is 3. The maximum absolute atomic E-state index is 13.1. The number of nitrogens with one attached hydrogen (secondary N) is 3. The average molecular weight is 567 g/mol. The molecule has 1 saturated carbocycles. The van der Waals surface area contributed by atoms with E-state index in [0.29, 0.717) is 25.7 Å². The van der Waals surface area contributed by atoms with Gasteiger partial charge in [-0.2, -0.15) is 0 Å². The maximum atomic E-state index is 13.1. The molecule has 1 atom stereocenters. The van der Waals surface area contributed by atoms with E-state index >= 15 is 0 Å². The molecule has 1 fully saturated rings. The van der Waals surface area contributed by atoms with Gasteiger partial charge in [-0.05, 0) is 61.4 Å². The topological polar surface area (TPSA) is 151 Å². The van der Waals surface area contributed by atoms with Crippen molar-refractivity contribution in [2.75, 3.05) is 5.32 Å². The van der Waals surface area contributed by atoms with Gasteiger partial charge in [0.2, 0.25) is 15.9 Å². The quantitative estimate of drug-likeness (QED) is 0.198. The number of carbonyl (C=O) groups is 1. The van der Waals surface area contributed by atoms with Gasteiger partial charge in [-0.15, -0.1) is 0 Å². The highest BCUT2D eigenvalue weighted by molar-refractivity contribution is 7.89. The highest BCUT2D eigenvalue weighted by atomic mass is 32.2. The lowest BCUT2D eigenvalue weighted by molar-refractivity contribution is -0.384. The van der Waals surface area contributed by atoms with Crippen LogP contribution in [-0.4, -0.2) is 30.4 Å². The van der Waals surface area contributed by atoms with E-state index in [1.54, 1.807) is 24.3 Å². The molecule has 11 heteroatoms. The molecule has 40 heavy (non-hydrogen) atoms. The summed E-state index contributed by atoms with van der Waals surface area (Å²) in [6.45, 7) is 2.15. The predicted molar refractivity (Wildman–Crippen MR) is 152 cm³/mol. The Morgan fingerprint density at radius 2 is 1.65 bits per heavy atom. The molecule has 0 saturated heterocycles. The first-order valence-electron chi connectivity index (χ1n) is 13.2. The second-order valence-corrected chi connectivity index (χ2v) is 11.8. The maximum Gasteiger partial charge on any atom is 0.293 e. The van der Waals surface area contributed by atoms with Crippen molar-refractivity contribution in [1.29, 1.82) is 0 Å². The molecule has 0 spiro atoms. The summed E-state index contributed by atoms with van der Waals surface area (Å²) in [5.41, 5.74) is 2.48. The zero-order valence-electron chi connectivity index (χ0n) is 22.2. The number of amides is 1.